The molecule has 3 heterocycles. The molecular weight excluding hydrogens is 374 g/mol. The number of amides is 1. The summed E-state index contributed by atoms with van der Waals surface area (Å²) < 4.78 is 8.11. The van der Waals surface area contributed by atoms with Crippen LogP contribution in [-0.4, -0.2) is 44.5 Å². The van der Waals surface area contributed by atoms with Crippen LogP contribution in [0.5, 0.6) is 5.88 Å². The van der Waals surface area contributed by atoms with Crippen LogP contribution in [0, 0.1) is 5.41 Å². The van der Waals surface area contributed by atoms with Crippen LogP contribution in [0.3, 0.4) is 0 Å². The molecule has 4 rings (SSSR count). The Labute approximate surface area is 168 Å². The molecule has 1 saturated carbocycles. The number of aromatic nitrogens is 3. The van der Waals surface area contributed by atoms with E-state index in [1.807, 2.05) is 26.8 Å². The molecule has 1 aliphatic carbocycles. The highest BCUT2D eigenvalue weighted by atomic mass is 16.5. The molecule has 9 heteroatoms. The monoisotopic (exact) mass is 401 g/mol. The zero-order valence-electron chi connectivity index (χ0n) is 17.0. The van der Waals surface area contributed by atoms with Crippen LogP contribution >= 0.6 is 0 Å². The lowest BCUT2D eigenvalue weighted by molar-refractivity contribution is 0.0944. The molecule has 2 aromatic heterocycles. The van der Waals surface area contributed by atoms with Crippen LogP contribution in [0.1, 0.15) is 56.0 Å². The number of hydrogen-bond acceptors (Lipinski definition) is 6. The number of nitrogen functional groups attached to an aromatic ring is 1. The number of carbonyl (C=O) groups excluding carboxylic acids is 1. The maximum absolute atomic E-state index is 13.1. The summed E-state index contributed by atoms with van der Waals surface area (Å²) in [5.74, 6) is -0.748. The maximum atomic E-state index is 13.1. The summed E-state index contributed by atoms with van der Waals surface area (Å²) in [5.41, 5.74) is 6.92. The zero-order valence-corrected chi connectivity index (χ0v) is 17.0. The number of nitrogens with zero attached hydrogens (tertiary/aromatic N) is 3. The summed E-state index contributed by atoms with van der Waals surface area (Å²) in [6, 6.07) is 0.0544. The molecule has 0 bridgehead atoms. The average Bonchev–Trinajstić information content (AvgIpc) is 3.38. The summed E-state index contributed by atoms with van der Waals surface area (Å²) in [4.78, 5) is 25.8. The minimum atomic E-state index is -0.675. The molecule has 0 saturated heterocycles. The summed E-state index contributed by atoms with van der Waals surface area (Å²) in [5, 5.41) is 18.1. The van der Waals surface area contributed by atoms with E-state index in [2.05, 4.69) is 10.4 Å². The Hall–Kier alpha value is -2.81. The van der Waals surface area contributed by atoms with Gasteiger partial charge in [0.1, 0.15) is 0 Å². The SMILES string of the molecule is CC(C)(C)Cn1c(O)c(C(=O)NC2CC2)c(=O)n2nc(N)c(C3=CCOCC3)c12. The van der Waals surface area contributed by atoms with Gasteiger partial charge in [-0.1, -0.05) is 26.8 Å². The van der Waals surface area contributed by atoms with Crippen LogP contribution < -0.4 is 16.6 Å². The Morgan fingerprint density at radius 1 is 1.41 bits per heavy atom. The number of hydrogen-bond donors (Lipinski definition) is 3. The van der Waals surface area contributed by atoms with Crippen LogP contribution in [0.2, 0.25) is 0 Å². The van der Waals surface area contributed by atoms with Gasteiger partial charge in [0, 0.05) is 12.6 Å². The van der Waals surface area contributed by atoms with Crippen molar-refractivity contribution in [2.24, 2.45) is 5.41 Å². The van der Waals surface area contributed by atoms with Gasteiger partial charge in [-0.25, -0.2) is 0 Å². The van der Waals surface area contributed by atoms with Gasteiger partial charge in [-0.15, -0.1) is 5.10 Å². The molecule has 2 aromatic rings. The normalized spacial score (nSPS) is 17.4. The van der Waals surface area contributed by atoms with E-state index in [-0.39, 0.29) is 28.7 Å². The van der Waals surface area contributed by atoms with Crippen molar-refractivity contribution in [1.82, 2.24) is 19.5 Å². The fourth-order valence-corrected chi connectivity index (χ4v) is 3.62. The largest absolute Gasteiger partial charge is 0.494 e. The lowest BCUT2D eigenvalue weighted by Crippen LogP contribution is -2.35. The van der Waals surface area contributed by atoms with E-state index in [1.165, 1.54) is 0 Å². The van der Waals surface area contributed by atoms with Crippen LogP contribution in [0.25, 0.3) is 11.2 Å². The van der Waals surface area contributed by atoms with Gasteiger partial charge in [0.2, 0.25) is 5.88 Å². The number of nitrogens with two attached hydrogens (primary N) is 1. The van der Waals surface area contributed by atoms with Gasteiger partial charge in [-0.2, -0.15) is 4.52 Å². The summed E-state index contributed by atoms with van der Waals surface area (Å²) in [6.07, 6.45) is 4.29. The van der Waals surface area contributed by atoms with Gasteiger partial charge < -0.3 is 20.9 Å². The maximum Gasteiger partial charge on any atom is 0.291 e. The van der Waals surface area contributed by atoms with Crippen molar-refractivity contribution in [3.8, 4) is 5.88 Å². The van der Waals surface area contributed by atoms with Crippen molar-refractivity contribution < 1.29 is 14.6 Å². The molecule has 9 nitrogen and oxygen atoms in total. The number of aromatic hydroxyl groups is 1. The molecule has 0 aromatic carbocycles. The Morgan fingerprint density at radius 2 is 2.14 bits per heavy atom. The number of ether oxygens (including phenoxy) is 1. The van der Waals surface area contributed by atoms with E-state index in [1.54, 1.807) is 4.57 Å². The number of fused-ring (bicyclic) bond motifs is 1. The molecule has 1 fully saturated rings. The van der Waals surface area contributed by atoms with E-state index < -0.39 is 11.5 Å². The molecule has 0 radical (unpaired) electrons. The van der Waals surface area contributed by atoms with Crippen LogP contribution in [-0.2, 0) is 11.3 Å². The van der Waals surface area contributed by atoms with Gasteiger partial charge in [0.25, 0.3) is 11.5 Å². The molecule has 4 N–H and O–H groups in total. The van der Waals surface area contributed by atoms with E-state index >= 15 is 0 Å². The third-order valence-electron chi connectivity index (χ3n) is 5.09. The first-order valence-electron chi connectivity index (χ1n) is 9.89. The highest BCUT2D eigenvalue weighted by molar-refractivity contribution is 5.97. The van der Waals surface area contributed by atoms with Crippen LogP contribution in [0.4, 0.5) is 5.82 Å². The first-order valence-corrected chi connectivity index (χ1v) is 9.89. The predicted octanol–water partition coefficient (Wildman–Crippen LogP) is 1.53. The molecule has 2 aliphatic rings. The lowest BCUT2D eigenvalue weighted by Gasteiger charge is -2.24. The van der Waals surface area contributed by atoms with Crippen molar-refractivity contribution in [3.63, 3.8) is 0 Å². The van der Waals surface area contributed by atoms with Crippen molar-refractivity contribution in [2.45, 2.75) is 52.6 Å². The molecule has 156 valence electrons. The van der Waals surface area contributed by atoms with Gasteiger partial charge in [-0.05, 0) is 30.3 Å². The number of rotatable bonds is 4. The quantitative estimate of drug-likeness (QED) is 0.714. The average molecular weight is 401 g/mol. The van der Waals surface area contributed by atoms with Crippen molar-refractivity contribution in [3.05, 3.63) is 27.6 Å². The summed E-state index contributed by atoms with van der Waals surface area (Å²) in [7, 11) is 0. The molecular formula is C20H27N5O4. The molecule has 0 atom stereocenters. The fraction of sp³-hybridized carbons (Fsp3) is 0.550. The Kier molecular flexibility index (Phi) is 4.65. The van der Waals surface area contributed by atoms with Gasteiger partial charge in [-0.3, -0.25) is 14.2 Å². The van der Waals surface area contributed by atoms with Crippen molar-refractivity contribution in [1.29, 1.82) is 0 Å². The smallest absolute Gasteiger partial charge is 0.291 e. The molecule has 0 unspecified atom stereocenters. The zero-order chi connectivity index (χ0) is 20.9. The highest BCUT2D eigenvalue weighted by Crippen LogP contribution is 2.34. The van der Waals surface area contributed by atoms with E-state index in [0.717, 1.165) is 22.9 Å². The Bertz CT molecular complexity index is 1070. The van der Waals surface area contributed by atoms with Gasteiger partial charge >= 0.3 is 0 Å². The Balaban J connectivity index is 2.00. The van der Waals surface area contributed by atoms with E-state index in [4.69, 9.17) is 10.5 Å². The Morgan fingerprint density at radius 3 is 2.72 bits per heavy atom. The van der Waals surface area contributed by atoms with Gasteiger partial charge in [0.05, 0.1) is 18.8 Å². The molecule has 29 heavy (non-hydrogen) atoms. The van der Waals surface area contributed by atoms with E-state index in [9.17, 15) is 14.7 Å². The van der Waals surface area contributed by atoms with Crippen molar-refractivity contribution in [2.75, 3.05) is 18.9 Å². The van der Waals surface area contributed by atoms with Crippen LogP contribution in [0.15, 0.2) is 10.9 Å². The topological polar surface area (TPSA) is 124 Å². The van der Waals surface area contributed by atoms with Crippen molar-refractivity contribution >= 4 is 22.9 Å². The number of carbonyl (C=O) groups is 1. The second-order valence-electron chi connectivity index (χ2n) is 8.95. The summed E-state index contributed by atoms with van der Waals surface area (Å²) in [6.45, 7) is 7.39. The fourth-order valence-electron chi connectivity index (χ4n) is 3.62. The lowest BCUT2D eigenvalue weighted by atomic mass is 9.96. The number of anilines is 1. The first kappa shape index (κ1) is 19.5. The third-order valence-corrected chi connectivity index (χ3v) is 5.09. The third kappa shape index (κ3) is 3.62. The van der Waals surface area contributed by atoms with E-state index in [0.29, 0.717) is 37.4 Å². The summed E-state index contributed by atoms with van der Waals surface area (Å²) >= 11 is 0. The minimum absolute atomic E-state index is 0.0544. The molecule has 1 aliphatic heterocycles. The minimum Gasteiger partial charge on any atom is -0.494 e. The standard InChI is InChI=1S/C20H27N5O4/c1-20(2,3)10-24-17-13(11-6-8-29-9-7-11)15(21)23-25(17)19(28)14(18(24)27)16(26)22-12-4-5-12/h6,12,27H,4-5,7-10H2,1-3H3,(H2,21,23)(H,22,26). The molecule has 1 amide bonds. The van der Waals surface area contributed by atoms with Gasteiger partial charge in [0.15, 0.2) is 17.0 Å². The number of nitrogens with one attached hydrogen (secondary N) is 1. The predicted molar refractivity (Wildman–Crippen MR) is 109 cm³/mol. The second-order valence-corrected chi connectivity index (χ2v) is 8.95. The second kappa shape index (κ2) is 6.91. The highest BCUT2D eigenvalue weighted by Gasteiger charge is 2.32. The molecule has 0 spiro atoms. The first-order chi connectivity index (χ1) is 13.7.